The highest BCUT2D eigenvalue weighted by Gasteiger charge is 2.80. The number of alkyl halides is 1. The molecule has 1 saturated carbocycles. The van der Waals surface area contributed by atoms with Crippen molar-refractivity contribution >= 4 is 24.1 Å². The fraction of sp³-hybridized carbons (Fsp3) is 0.700. The Hall–Kier alpha value is -2.65. The number of methoxy groups -OCH3 is 1. The summed E-state index contributed by atoms with van der Waals surface area (Å²) in [6, 6.07) is 0. The molecule has 0 aromatic rings. The second-order valence-corrected chi connectivity index (χ2v) is 8.77. The van der Waals surface area contributed by atoms with Gasteiger partial charge in [0.2, 0.25) is 0 Å². The van der Waals surface area contributed by atoms with Crippen LogP contribution in [0.25, 0.3) is 0 Å². The summed E-state index contributed by atoms with van der Waals surface area (Å²) >= 11 is 0. The maximum atomic E-state index is 15.6. The molecule has 2 amide bonds. The van der Waals surface area contributed by atoms with Gasteiger partial charge >= 0.3 is 24.1 Å². The average Bonchev–Trinajstić information content (AvgIpc) is 3.16. The zero-order valence-electron chi connectivity index (χ0n) is 18.7. The molecule has 0 bridgehead atoms. The van der Waals surface area contributed by atoms with E-state index in [1.165, 1.54) is 0 Å². The predicted octanol–water partition coefficient (Wildman–Crippen LogP) is 3.30. The molecule has 0 saturated heterocycles. The van der Waals surface area contributed by atoms with Gasteiger partial charge in [-0.05, 0) is 54.5 Å². The lowest BCUT2D eigenvalue weighted by molar-refractivity contribution is -0.150. The van der Waals surface area contributed by atoms with Crippen LogP contribution in [-0.4, -0.2) is 65.2 Å². The van der Waals surface area contributed by atoms with Crippen LogP contribution < -0.4 is 0 Å². The van der Waals surface area contributed by atoms with Gasteiger partial charge in [-0.3, -0.25) is 0 Å². The number of amides is 2. The highest BCUT2D eigenvalue weighted by Crippen LogP contribution is 2.58. The van der Waals surface area contributed by atoms with Crippen LogP contribution in [0.1, 0.15) is 54.9 Å². The number of imide groups is 1. The maximum absolute atomic E-state index is 15.6. The Labute approximate surface area is 175 Å². The third kappa shape index (κ3) is 5.70. The summed E-state index contributed by atoms with van der Waals surface area (Å²) in [5.41, 5.74) is -7.08. The predicted molar refractivity (Wildman–Crippen MR) is 103 cm³/mol. The maximum Gasteiger partial charge on any atom is 0.421 e. The van der Waals surface area contributed by atoms with Gasteiger partial charge in [-0.1, -0.05) is 0 Å². The molecule has 0 heterocycles. The molecular weight excluding hydrogens is 401 g/mol. The lowest BCUT2D eigenvalue weighted by Crippen LogP contribution is -2.57. The smallest absolute Gasteiger partial charge is 0.421 e. The lowest BCUT2D eigenvalue weighted by atomic mass is 10.1. The van der Waals surface area contributed by atoms with E-state index in [9.17, 15) is 19.2 Å². The molecule has 10 heteroatoms. The van der Waals surface area contributed by atoms with E-state index in [1.807, 2.05) is 0 Å². The van der Waals surface area contributed by atoms with Crippen molar-refractivity contribution in [2.45, 2.75) is 77.3 Å². The second-order valence-electron chi connectivity index (χ2n) is 8.77. The van der Waals surface area contributed by atoms with Crippen molar-refractivity contribution in [2.75, 3.05) is 13.7 Å². The summed E-state index contributed by atoms with van der Waals surface area (Å²) in [5, 5.41) is 0. The van der Waals surface area contributed by atoms with Crippen molar-refractivity contribution in [2.24, 2.45) is 0 Å². The van der Waals surface area contributed by atoms with Crippen LogP contribution in [0.3, 0.4) is 0 Å². The Morgan fingerprint density at radius 1 is 1.00 bits per heavy atom. The van der Waals surface area contributed by atoms with Crippen molar-refractivity contribution in [3.63, 3.8) is 0 Å². The van der Waals surface area contributed by atoms with Crippen LogP contribution >= 0.6 is 0 Å². The van der Waals surface area contributed by atoms with E-state index in [0.29, 0.717) is 0 Å². The molecule has 0 unspecified atom stereocenters. The molecule has 1 aliphatic rings. The van der Waals surface area contributed by atoms with E-state index in [2.05, 4.69) is 4.74 Å². The van der Waals surface area contributed by atoms with Crippen molar-refractivity contribution in [3.8, 4) is 0 Å². The number of esters is 2. The molecule has 9 nitrogen and oxygen atoms in total. The van der Waals surface area contributed by atoms with Gasteiger partial charge in [-0.15, -0.1) is 0 Å². The highest BCUT2D eigenvalue weighted by molar-refractivity contribution is 6.01. The fourth-order valence-electron chi connectivity index (χ4n) is 2.68. The summed E-state index contributed by atoms with van der Waals surface area (Å²) in [5.74, 6) is -2.04. The molecule has 2 atom stereocenters. The van der Waals surface area contributed by atoms with Crippen LogP contribution in [-0.2, 0) is 28.5 Å². The SMILES string of the molecule is CCOC(=O)/C=C/[C@]1(F)C[C@]1(C(=O)OC)N(C(=O)OC(C)(C)C)C(=O)OC(C)(C)C. The van der Waals surface area contributed by atoms with Gasteiger partial charge in [-0.2, -0.15) is 4.90 Å². The molecule has 0 aromatic carbocycles. The number of ether oxygens (including phenoxy) is 4. The largest absolute Gasteiger partial charge is 0.467 e. The quantitative estimate of drug-likeness (QED) is 0.371. The standard InChI is InChI=1S/C20H30FNO8/c1-9-28-13(23)10-11-19(21)12-20(19,14(24)27-8)22(15(25)29-17(2,3)4)16(26)30-18(5,6)7/h10-11H,9,12H2,1-8H3/b11-10+/t19-,20+/m0/s1. The third-order valence-electron chi connectivity index (χ3n) is 3.90. The number of carbonyl (C=O) groups excluding carboxylic acids is 4. The molecular formula is C20H30FNO8. The summed E-state index contributed by atoms with van der Waals surface area (Å²) < 4.78 is 35.4. The van der Waals surface area contributed by atoms with Gasteiger partial charge in [0.05, 0.1) is 13.7 Å². The number of rotatable bonds is 5. The Balaban J connectivity index is 3.46. The van der Waals surface area contributed by atoms with E-state index < -0.39 is 53.0 Å². The van der Waals surface area contributed by atoms with Crippen molar-refractivity contribution in [1.29, 1.82) is 0 Å². The number of hydrogen-bond acceptors (Lipinski definition) is 8. The number of hydrogen-bond donors (Lipinski definition) is 0. The van der Waals surface area contributed by atoms with Gasteiger partial charge in [0.25, 0.3) is 0 Å². The monoisotopic (exact) mass is 431 g/mol. The van der Waals surface area contributed by atoms with E-state index in [1.54, 1.807) is 48.5 Å². The lowest BCUT2D eigenvalue weighted by Gasteiger charge is -2.33. The minimum atomic E-state index is -2.58. The fourth-order valence-corrected chi connectivity index (χ4v) is 2.68. The summed E-state index contributed by atoms with van der Waals surface area (Å²) in [6.07, 6.45) is -1.65. The van der Waals surface area contributed by atoms with Crippen LogP contribution in [0.4, 0.5) is 14.0 Å². The molecule has 0 radical (unpaired) electrons. The zero-order valence-corrected chi connectivity index (χ0v) is 18.7. The first-order valence-corrected chi connectivity index (χ1v) is 9.42. The van der Waals surface area contributed by atoms with Gasteiger partial charge < -0.3 is 18.9 Å². The molecule has 1 fully saturated rings. The van der Waals surface area contributed by atoms with Crippen LogP contribution in [0.2, 0.25) is 0 Å². The molecule has 0 aliphatic heterocycles. The van der Waals surface area contributed by atoms with Crippen LogP contribution in [0, 0.1) is 0 Å². The minimum absolute atomic E-state index is 0.0620. The highest BCUT2D eigenvalue weighted by atomic mass is 19.1. The second kappa shape index (κ2) is 8.61. The van der Waals surface area contributed by atoms with E-state index in [0.717, 1.165) is 19.3 Å². The van der Waals surface area contributed by atoms with Crippen molar-refractivity contribution in [1.82, 2.24) is 4.90 Å². The summed E-state index contributed by atoms with van der Waals surface area (Å²) in [6.45, 7) is 10.9. The van der Waals surface area contributed by atoms with Crippen LogP contribution in [0.15, 0.2) is 12.2 Å². The molecule has 30 heavy (non-hydrogen) atoms. The summed E-state index contributed by atoms with van der Waals surface area (Å²) in [7, 11) is 0.986. The van der Waals surface area contributed by atoms with E-state index in [-0.39, 0.29) is 11.5 Å². The number of nitrogens with zero attached hydrogens (tertiary/aromatic N) is 1. The molecule has 1 aliphatic carbocycles. The Bertz CT molecular complexity index is 708. The molecule has 0 aromatic heterocycles. The van der Waals surface area contributed by atoms with Crippen LogP contribution in [0.5, 0.6) is 0 Å². The third-order valence-corrected chi connectivity index (χ3v) is 3.90. The Morgan fingerprint density at radius 3 is 1.83 bits per heavy atom. The average molecular weight is 431 g/mol. The zero-order chi connectivity index (χ0) is 23.5. The van der Waals surface area contributed by atoms with Gasteiger partial charge in [0.1, 0.15) is 11.2 Å². The van der Waals surface area contributed by atoms with Gasteiger partial charge in [0.15, 0.2) is 11.2 Å². The number of halogens is 1. The van der Waals surface area contributed by atoms with E-state index >= 15 is 4.39 Å². The normalized spacial score (nSPS) is 23.5. The molecule has 170 valence electrons. The first-order valence-electron chi connectivity index (χ1n) is 9.42. The number of carbonyl (C=O) groups is 4. The Morgan fingerprint density at radius 2 is 1.47 bits per heavy atom. The molecule has 0 N–H and O–H groups in total. The topological polar surface area (TPSA) is 108 Å². The Kier molecular flexibility index (Phi) is 7.29. The van der Waals surface area contributed by atoms with Crippen molar-refractivity contribution in [3.05, 3.63) is 12.2 Å². The van der Waals surface area contributed by atoms with Gasteiger partial charge in [-0.25, -0.2) is 23.6 Å². The molecule has 0 spiro atoms. The molecule has 1 rings (SSSR count). The van der Waals surface area contributed by atoms with Gasteiger partial charge in [0, 0.05) is 12.5 Å². The first-order chi connectivity index (χ1) is 13.5. The van der Waals surface area contributed by atoms with E-state index in [4.69, 9.17) is 14.2 Å². The summed E-state index contributed by atoms with van der Waals surface area (Å²) in [4.78, 5) is 50.1. The first kappa shape index (κ1) is 25.4. The minimum Gasteiger partial charge on any atom is -0.467 e. The van der Waals surface area contributed by atoms with Crippen molar-refractivity contribution < 1.29 is 42.5 Å².